The number of amides is 1. The Hall–Kier alpha value is -2.38. The van der Waals surface area contributed by atoms with Crippen LogP contribution in [0.2, 0.25) is 0 Å². The molecule has 0 unspecified atom stereocenters. The average molecular weight is 403 g/mol. The lowest BCUT2D eigenvalue weighted by atomic mass is 10.0. The number of methoxy groups -OCH3 is 1. The molecule has 1 aliphatic heterocycles. The van der Waals surface area contributed by atoms with Gasteiger partial charge in [-0.25, -0.2) is 8.42 Å². The maximum atomic E-state index is 13.1. The van der Waals surface area contributed by atoms with E-state index in [1.54, 1.807) is 43.5 Å². The Morgan fingerprint density at radius 3 is 2.64 bits per heavy atom. The lowest BCUT2D eigenvalue weighted by molar-refractivity contribution is -0.117. The molecule has 0 bridgehead atoms. The number of ether oxygens (including phenoxy) is 1. The number of aryl methyl sites for hydroxylation is 1. The van der Waals surface area contributed by atoms with Crippen LogP contribution < -0.4 is 10.1 Å². The molecular formula is C21H26N2O4S. The Morgan fingerprint density at radius 2 is 1.93 bits per heavy atom. The van der Waals surface area contributed by atoms with Gasteiger partial charge in [0.2, 0.25) is 15.9 Å². The second kappa shape index (κ2) is 8.75. The number of nitrogens with one attached hydrogen (secondary N) is 1. The van der Waals surface area contributed by atoms with Crippen LogP contribution in [0.25, 0.3) is 0 Å². The number of carbonyl (C=O) groups excluding carboxylic acids is 1. The fourth-order valence-corrected chi connectivity index (χ4v) is 5.27. The molecule has 7 heteroatoms. The Bertz CT molecular complexity index is 929. The van der Waals surface area contributed by atoms with Crippen molar-refractivity contribution >= 4 is 21.6 Å². The van der Waals surface area contributed by atoms with Gasteiger partial charge in [0, 0.05) is 19.0 Å². The van der Waals surface area contributed by atoms with Gasteiger partial charge in [-0.3, -0.25) is 4.79 Å². The summed E-state index contributed by atoms with van der Waals surface area (Å²) in [6.07, 6.45) is 2.50. The molecule has 0 saturated carbocycles. The molecule has 1 fully saturated rings. The van der Waals surface area contributed by atoms with E-state index in [9.17, 15) is 13.2 Å². The van der Waals surface area contributed by atoms with Crippen LogP contribution in [0.1, 0.15) is 31.2 Å². The highest BCUT2D eigenvalue weighted by Gasteiger charge is 2.34. The SMILES string of the molecule is COc1ccc(C)cc1NC(=O)C[C@H]1CCCCN1S(=O)(=O)c1ccccc1. The van der Waals surface area contributed by atoms with E-state index in [0.717, 1.165) is 18.4 Å². The van der Waals surface area contributed by atoms with Crippen LogP contribution in [-0.2, 0) is 14.8 Å². The zero-order valence-corrected chi connectivity index (χ0v) is 17.0. The fraction of sp³-hybridized carbons (Fsp3) is 0.381. The monoisotopic (exact) mass is 402 g/mol. The summed E-state index contributed by atoms with van der Waals surface area (Å²) in [6, 6.07) is 13.6. The summed E-state index contributed by atoms with van der Waals surface area (Å²) in [5.74, 6) is 0.361. The first-order valence-electron chi connectivity index (χ1n) is 9.43. The maximum absolute atomic E-state index is 13.1. The normalized spacial score (nSPS) is 17.9. The summed E-state index contributed by atoms with van der Waals surface area (Å²) in [5.41, 5.74) is 1.60. The second-order valence-corrected chi connectivity index (χ2v) is 8.93. The number of carbonyl (C=O) groups is 1. The molecule has 1 saturated heterocycles. The largest absolute Gasteiger partial charge is 0.495 e. The Balaban J connectivity index is 1.76. The van der Waals surface area contributed by atoms with Gasteiger partial charge in [-0.1, -0.05) is 30.7 Å². The predicted molar refractivity (Wildman–Crippen MR) is 109 cm³/mol. The van der Waals surface area contributed by atoms with E-state index in [1.165, 1.54) is 4.31 Å². The van der Waals surface area contributed by atoms with Crippen LogP contribution in [0, 0.1) is 6.92 Å². The van der Waals surface area contributed by atoms with E-state index in [1.807, 2.05) is 19.1 Å². The first-order chi connectivity index (χ1) is 13.4. The number of piperidine rings is 1. The van der Waals surface area contributed by atoms with Crippen LogP contribution in [0.15, 0.2) is 53.4 Å². The molecule has 0 aromatic heterocycles. The molecule has 2 aromatic carbocycles. The molecule has 1 heterocycles. The van der Waals surface area contributed by atoms with E-state index >= 15 is 0 Å². The quantitative estimate of drug-likeness (QED) is 0.801. The molecule has 2 aromatic rings. The van der Waals surface area contributed by atoms with Crippen molar-refractivity contribution in [2.45, 2.75) is 43.5 Å². The first-order valence-corrected chi connectivity index (χ1v) is 10.9. The number of hydrogen-bond donors (Lipinski definition) is 1. The van der Waals surface area contributed by atoms with Gasteiger partial charge in [-0.2, -0.15) is 4.31 Å². The van der Waals surface area contributed by atoms with Gasteiger partial charge in [-0.15, -0.1) is 0 Å². The summed E-state index contributed by atoms with van der Waals surface area (Å²) in [5, 5.41) is 2.88. The van der Waals surface area contributed by atoms with Gasteiger partial charge in [0.1, 0.15) is 5.75 Å². The number of anilines is 1. The second-order valence-electron chi connectivity index (χ2n) is 7.03. The summed E-state index contributed by atoms with van der Waals surface area (Å²) < 4.78 is 32.9. The molecule has 28 heavy (non-hydrogen) atoms. The van der Waals surface area contributed by atoms with Gasteiger partial charge < -0.3 is 10.1 Å². The Kier molecular flexibility index (Phi) is 6.36. The topological polar surface area (TPSA) is 75.7 Å². The van der Waals surface area contributed by atoms with E-state index < -0.39 is 10.0 Å². The zero-order chi connectivity index (χ0) is 20.1. The Morgan fingerprint density at radius 1 is 1.18 bits per heavy atom. The molecule has 150 valence electrons. The summed E-state index contributed by atoms with van der Waals surface area (Å²) >= 11 is 0. The van der Waals surface area contributed by atoms with E-state index in [4.69, 9.17) is 4.74 Å². The standard InChI is InChI=1S/C21H26N2O4S/c1-16-11-12-20(27-2)19(14-16)22-21(24)15-17-8-6-7-13-23(17)28(25,26)18-9-4-3-5-10-18/h3-5,9-12,14,17H,6-8,13,15H2,1-2H3,(H,22,24)/t17-/m1/s1. The summed E-state index contributed by atoms with van der Waals surface area (Å²) in [7, 11) is -2.07. The first kappa shape index (κ1) is 20.4. The van der Waals surface area contributed by atoms with Gasteiger partial charge in [0.25, 0.3) is 0 Å². The molecule has 1 amide bonds. The van der Waals surface area contributed by atoms with Crippen LogP contribution in [0.4, 0.5) is 5.69 Å². The van der Waals surface area contributed by atoms with Gasteiger partial charge in [0.05, 0.1) is 17.7 Å². The zero-order valence-electron chi connectivity index (χ0n) is 16.2. The Labute approximate surface area is 166 Å². The fourth-order valence-electron chi connectivity index (χ4n) is 3.56. The average Bonchev–Trinajstić information content (AvgIpc) is 2.69. The predicted octanol–water partition coefficient (Wildman–Crippen LogP) is 3.58. The van der Waals surface area contributed by atoms with Crippen molar-refractivity contribution in [1.29, 1.82) is 0 Å². The number of nitrogens with zero attached hydrogens (tertiary/aromatic N) is 1. The molecule has 1 N–H and O–H groups in total. The molecule has 3 rings (SSSR count). The maximum Gasteiger partial charge on any atom is 0.243 e. The van der Waals surface area contributed by atoms with E-state index in [-0.39, 0.29) is 23.3 Å². The van der Waals surface area contributed by atoms with Crippen molar-refractivity contribution in [3.05, 3.63) is 54.1 Å². The third-order valence-corrected chi connectivity index (χ3v) is 6.94. The number of rotatable bonds is 6. The van der Waals surface area contributed by atoms with Crippen LogP contribution in [-0.4, -0.2) is 38.3 Å². The minimum absolute atomic E-state index is 0.114. The van der Waals surface area contributed by atoms with Gasteiger partial charge in [0.15, 0.2) is 0 Å². The van der Waals surface area contributed by atoms with Crippen molar-refractivity contribution in [2.75, 3.05) is 19.0 Å². The van der Waals surface area contributed by atoms with Crippen molar-refractivity contribution in [3.8, 4) is 5.75 Å². The third-order valence-electron chi connectivity index (χ3n) is 4.97. The smallest absolute Gasteiger partial charge is 0.243 e. The van der Waals surface area contributed by atoms with Crippen LogP contribution in [0.5, 0.6) is 5.75 Å². The molecule has 0 radical (unpaired) electrons. The van der Waals surface area contributed by atoms with Crippen molar-refractivity contribution in [2.24, 2.45) is 0 Å². The minimum atomic E-state index is -3.62. The summed E-state index contributed by atoms with van der Waals surface area (Å²) in [4.78, 5) is 12.9. The lowest BCUT2D eigenvalue weighted by Gasteiger charge is -2.34. The number of hydrogen-bond acceptors (Lipinski definition) is 4. The van der Waals surface area contributed by atoms with Gasteiger partial charge in [-0.05, 0) is 49.6 Å². The summed E-state index contributed by atoms with van der Waals surface area (Å²) in [6.45, 7) is 2.37. The molecular weight excluding hydrogens is 376 g/mol. The molecule has 6 nitrogen and oxygen atoms in total. The van der Waals surface area contributed by atoms with E-state index in [0.29, 0.717) is 24.4 Å². The molecule has 0 aliphatic carbocycles. The number of sulfonamides is 1. The molecule has 0 spiro atoms. The van der Waals surface area contributed by atoms with Crippen molar-refractivity contribution < 1.29 is 17.9 Å². The minimum Gasteiger partial charge on any atom is -0.495 e. The van der Waals surface area contributed by atoms with Gasteiger partial charge >= 0.3 is 0 Å². The lowest BCUT2D eigenvalue weighted by Crippen LogP contribution is -2.45. The highest BCUT2D eigenvalue weighted by Crippen LogP contribution is 2.29. The molecule has 1 aliphatic rings. The van der Waals surface area contributed by atoms with Crippen LogP contribution >= 0.6 is 0 Å². The van der Waals surface area contributed by atoms with Crippen molar-refractivity contribution in [1.82, 2.24) is 4.31 Å². The number of benzene rings is 2. The van der Waals surface area contributed by atoms with Crippen LogP contribution in [0.3, 0.4) is 0 Å². The third kappa shape index (κ3) is 4.54. The van der Waals surface area contributed by atoms with E-state index in [2.05, 4.69) is 5.32 Å². The van der Waals surface area contributed by atoms with Crippen molar-refractivity contribution in [3.63, 3.8) is 0 Å². The highest BCUT2D eigenvalue weighted by atomic mass is 32.2. The highest BCUT2D eigenvalue weighted by molar-refractivity contribution is 7.89. The molecule has 1 atom stereocenters.